The highest BCUT2D eigenvalue weighted by Crippen LogP contribution is 2.41. The summed E-state index contributed by atoms with van der Waals surface area (Å²) >= 11 is 0. The van der Waals surface area contributed by atoms with Crippen molar-refractivity contribution in [3.8, 4) is 5.75 Å². The van der Waals surface area contributed by atoms with Gasteiger partial charge in [0.2, 0.25) is 10.0 Å². The van der Waals surface area contributed by atoms with Gasteiger partial charge in [-0.25, -0.2) is 13.6 Å². The van der Waals surface area contributed by atoms with E-state index in [-0.39, 0.29) is 22.6 Å². The van der Waals surface area contributed by atoms with Crippen molar-refractivity contribution in [3.63, 3.8) is 0 Å². The summed E-state index contributed by atoms with van der Waals surface area (Å²) in [7, 11) is -3.96. The molecule has 20 heavy (non-hydrogen) atoms. The molecular weight excluding hydrogens is 276 g/mol. The number of rotatable bonds is 3. The monoisotopic (exact) mass is 298 g/mol. The summed E-state index contributed by atoms with van der Waals surface area (Å²) in [6, 6.07) is 3.32. The number of phenols is 1. The van der Waals surface area contributed by atoms with E-state index >= 15 is 0 Å². The summed E-state index contributed by atoms with van der Waals surface area (Å²) in [5.74, 6) is -0.321. The number of sulfonamides is 1. The Hall–Kier alpha value is -1.11. The largest absolute Gasteiger partial charge is 0.506 e. The van der Waals surface area contributed by atoms with Crippen molar-refractivity contribution >= 4 is 10.0 Å². The Bertz CT molecular complexity index is 605. The predicted octanol–water partition coefficient (Wildman–Crippen LogP) is 1.72. The van der Waals surface area contributed by atoms with Crippen molar-refractivity contribution in [2.75, 3.05) is 0 Å². The van der Waals surface area contributed by atoms with Crippen molar-refractivity contribution in [2.24, 2.45) is 10.9 Å². The Kier molecular flexibility index (Phi) is 4.09. The molecule has 5 nitrogen and oxygen atoms in total. The number of benzene rings is 1. The summed E-state index contributed by atoms with van der Waals surface area (Å²) in [4.78, 5) is -0.220. The van der Waals surface area contributed by atoms with E-state index in [4.69, 9.17) is 10.9 Å². The molecule has 1 aliphatic rings. The van der Waals surface area contributed by atoms with Crippen molar-refractivity contribution in [3.05, 3.63) is 23.3 Å². The van der Waals surface area contributed by atoms with Crippen LogP contribution in [0.4, 0.5) is 0 Å². The molecule has 0 aliphatic heterocycles. The minimum Gasteiger partial charge on any atom is -0.506 e. The first-order chi connectivity index (χ1) is 9.28. The van der Waals surface area contributed by atoms with Crippen molar-refractivity contribution in [2.45, 2.75) is 55.9 Å². The second-order valence-corrected chi connectivity index (χ2v) is 7.38. The fourth-order valence-corrected chi connectivity index (χ4v) is 3.70. The van der Waals surface area contributed by atoms with Crippen LogP contribution in [-0.4, -0.2) is 13.5 Å². The number of aromatic hydroxyl groups is 1. The van der Waals surface area contributed by atoms with Gasteiger partial charge >= 0.3 is 0 Å². The smallest absolute Gasteiger partial charge is 0.241 e. The van der Waals surface area contributed by atoms with Crippen LogP contribution in [0.2, 0.25) is 0 Å². The van der Waals surface area contributed by atoms with E-state index in [9.17, 15) is 13.5 Å². The molecule has 0 heterocycles. The first-order valence-electron chi connectivity index (χ1n) is 6.87. The normalized spacial score (nSPS) is 18.9. The van der Waals surface area contributed by atoms with E-state index in [1.807, 2.05) is 6.07 Å². The van der Waals surface area contributed by atoms with Crippen molar-refractivity contribution in [1.82, 2.24) is 0 Å². The zero-order valence-electron chi connectivity index (χ0n) is 11.7. The first kappa shape index (κ1) is 15.3. The molecule has 0 unspecified atom stereocenters. The lowest BCUT2D eigenvalue weighted by Crippen LogP contribution is -2.26. The molecular formula is C14H22N2O3S. The molecule has 1 saturated carbocycles. The molecule has 0 saturated heterocycles. The average Bonchev–Trinajstić information content (AvgIpc) is 2.38. The predicted molar refractivity (Wildman–Crippen MR) is 77.8 cm³/mol. The van der Waals surface area contributed by atoms with E-state index in [1.54, 1.807) is 0 Å². The Morgan fingerprint density at radius 3 is 2.35 bits per heavy atom. The van der Waals surface area contributed by atoms with Gasteiger partial charge in [-0.15, -0.1) is 0 Å². The first-order valence-corrected chi connectivity index (χ1v) is 8.42. The third-order valence-corrected chi connectivity index (χ3v) is 5.26. The molecule has 0 spiro atoms. The van der Waals surface area contributed by atoms with E-state index in [0.29, 0.717) is 5.56 Å². The zero-order chi connectivity index (χ0) is 15.0. The highest BCUT2D eigenvalue weighted by atomic mass is 32.2. The quantitative estimate of drug-likeness (QED) is 0.789. The van der Waals surface area contributed by atoms with Gasteiger partial charge < -0.3 is 10.8 Å². The fraction of sp³-hybridized carbons (Fsp3) is 0.571. The van der Waals surface area contributed by atoms with Crippen LogP contribution >= 0.6 is 0 Å². The molecule has 6 heteroatoms. The average molecular weight is 298 g/mol. The zero-order valence-corrected chi connectivity index (χ0v) is 12.5. The summed E-state index contributed by atoms with van der Waals surface area (Å²) in [5, 5.41) is 15.2. The molecule has 0 bridgehead atoms. The summed E-state index contributed by atoms with van der Waals surface area (Å²) in [5.41, 5.74) is 6.87. The van der Waals surface area contributed by atoms with Crippen LogP contribution in [0.1, 0.15) is 50.2 Å². The summed E-state index contributed by atoms with van der Waals surface area (Å²) < 4.78 is 23.3. The van der Waals surface area contributed by atoms with E-state index in [2.05, 4.69) is 6.92 Å². The molecule has 5 N–H and O–H groups in total. The molecule has 1 fully saturated rings. The van der Waals surface area contributed by atoms with Gasteiger partial charge in [-0.3, -0.25) is 0 Å². The van der Waals surface area contributed by atoms with Crippen LogP contribution < -0.4 is 10.9 Å². The minimum atomic E-state index is -3.96. The molecule has 1 aromatic rings. The second kappa shape index (κ2) is 5.35. The Morgan fingerprint density at radius 1 is 1.25 bits per heavy atom. The second-order valence-electron chi connectivity index (χ2n) is 5.85. The maximum absolute atomic E-state index is 11.6. The lowest BCUT2D eigenvalue weighted by molar-refractivity contribution is 0.318. The standard InChI is InChI=1S/C14H22N2O3S/c1-14(5-3-2-4-6-14)11-7-10(9-15)13(17)12(8-11)20(16,18)19/h7-8,17H,2-6,9,15H2,1H3,(H2,16,18,19). The fourth-order valence-electron chi connectivity index (χ4n) is 3.01. The van der Waals surface area contributed by atoms with Crippen LogP contribution in [0.3, 0.4) is 0 Å². The Balaban J connectivity index is 2.60. The van der Waals surface area contributed by atoms with E-state index < -0.39 is 10.0 Å². The molecule has 0 atom stereocenters. The molecule has 1 aromatic carbocycles. The molecule has 0 aromatic heterocycles. The molecule has 0 radical (unpaired) electrons. The highest BCUT2D eigenvalue weighted by Gasteiger charge is 2.31. The third-order valence-electron chi connectivity index (χ3n) is 4.33. The number of hydrogen-bond acceptors (Lipinski definition) is 4. The van der Waals surface area contributed by atoms with Crippen molar-refractivity contribution in [1.29, 1.82) is 0 Å². The third kappa shape index (κ3) is 2.82. The van der Waals surface area contributed by atoms with Gasteiger partial charge in [-0.05, 0) is 29.9 Å². The van der Waals surface area contributed by atoms with Crippen LogP contribution in [-0.2, 0) is 22.0 Å². The Morgan fingerprint density at radius 2 is 1.85 bits per heavy atom. The topological polar surface area (TPSA) is 106 Å². The summed E-state index contributed by atoms with van der Waals surface area (Å²) in [6.45, 7) is 2.21. The van der Waals surface area contributed by atoms with Gasteiger partial charge in [0.05, 0.1) is 0 Å². The lowest BCUT2D eigenvalue weighted by atomic mass is 9.71. The van der Waals surface area contributed by atoms with Gasteiger partial charge in [0.25, 0.3) is 0 Å². The SMILES string of the molecule is CC1(c2cc(CN)c(O)c(S(N)(=O)=O)c2)CCCCC1. The van der Waals surface area contributed by atoms with Crippen molar-refractivity contribution < 1.29 is 13.5 Å². The lowest BCUT2D eigenvalue weighted by Gasteiger charge is -2.34. The minimum absolute atomic E-state index is 0.0741. The van der Waals surface area contributed by atoms with Crippen LogP contribution in [0, 0.1) is 0 Å². The highest BCUT2D eigenvalue weighted by molar-refractivity contribution is 7.89. The van der Waals surface area contributed by atoms with Gasteiger partial charge in [0, 0.05) is 12.1 Å². The van der Waals surface area contributed by atoms with Gasteiger partial charge in [0.1, 0.15) is 10.6 Å². The van der Waals surface area contributed by atoms with Gasteiger partial charge in [-0.2, -0.15) is 0 Å². The number of hydrogen-bond donors (Lipinski definition) is 3. The number of nitrogens with two attached hydrogens (primary N) is 2. The summed E-state index contributed by atoms with van der Waals surface area (Å²) in [6.07, 6.45) is 5.47. The number of primary sulfonamides is 1. The Labute approximate surface area is 120 Å². The molecule has 1 aliphatic carbocycles. The molecule has 0 amide bonds. The maximum Gasteiger partial charge on any atom is 0.241 e. The molecule has 112 valence electrons. The number of phenolic OH excluding ortho intramolecular Hbond substituents is 1. The van der Waals surface area contributed by atoms with E-state index in [0.717, 1.165) is 31.2 Å². The van der Waals surface area contributed by atoms with Gasteiger partial charge in [-0.1, -0.05) is 32.3 Å². The van der Waals surface area contributed by atoms with Crippen LogP contribution in [0.25, 0.3) is 0 Å². The molecule has 2 rings (SSSR count). The van der Waals surface area contributed by atoms with Crippen LogP contribution in [0.5, 0.6) is 5.75 Å². The van der Waals surface area contributed by atoms with E-state index in [1.165, 1.54) is 12.5 Å². The van der Waals surface area contributed by atoms with Gasteiger partial charge in [0.15, 0.2) is 0 Å². The van der Waals surface area contributed by atoms with Crippen LogP contribution in [0.15, 0.2) is 17.0 Å². The maximum atomic E-state index is 11.6.